The standard InChI is InChI=1S/C25H28N2O5/c1-31-20-6-2-18(3-7-20)10-13-27-14-11-25(12-15-27)17-22(28)21-16-19(4-8-23(21)32-25)5-9-24(29)26-30/h2-9,16,30H,10-15,17H2,1H3,(H,26,29). The molecule has 2 aromatic rings. The van der Waals surface area contributed by atoms with Crippen LogP contribution < -0.4 is 15.0 Å². The second-order valence-corrected chi connectivity index (χ2v) is 8.39. The van der Waals surface area contributed by atoms with Crippen molar-refractivity contribution in [3.63, 3.8) is 0 Å². The Hall–Kier alpha value is -3.16. The Morgan fingerprint density at radius 3 is 2.66 bits per heavy atom. The van der Waals surface area contributed by atoms with Gasteiger partial charge in [-0.15, -0.1) is 0 Å². The van der Waals surface area contributed by atoms with Crippen LogP contribution in [0, 0.1) is 0 Å². The van der Waals surface area contributed by atoms with Gasteiger partial charge in [0, 0.05) is 38.6 Å². The highest BCUT2D eigenvalue weighted by Crippen LogP contribution is 2.39. The molecule has 1 saturated heterocycles. The molecule has 0 unspecified atom stereocenters. The van der Waals surface area contributed by atoms with Crippen molar-refractivity contribution in [1.82, 2.24) is 10.4 Å². The van der Waals surface area contributed by atoms with Gasteiger partial charge in [-0.3, -0.25) is 14.8 Å². The molecule has 2 heterocycles. The Labute approximate surface area is 187 Å². The molecule has 2 aromatic carbocycles. The molecular weight excluding hydrogens is 408 g/mol. The number of benzene rings is 2. The number of nitrogens with zero attached hydrogens (tertiary/aromatic N) is 1. The molecule has 7 nitrogen and oxygen atoms in total. The number of methoxy groups -OCH3 is 1. The summed E-state index contributed by atoms with van der Waals surface area (Å²) >= 11 is 0. The molecule has 0 radical (unpaired) electrons. The van der Waals surface area contributed by atoms with E-state index in [1.54, 1.807) is 36.9 Å². The molecule has 32 heavy (non-hydrogen) atoms. The first-order valence-electron chi connectivity index (χ1n) is 10.8. The molecule has 2 aliphatic heterocycles. The number of carbonyl (C=O) groups excluding carboxylic acids is 2. The molecule has 2 N–H and O–H groups in total. The summed E-state index contributed by atoms with van der Waals surface area (Å²) in [4.78, 5) is 26.5. The minimum absolute atomic E-state index is 0.0693. The van der Waals surface area contributed by atoms with Crippen molar-refractivity contribution >= 4 is 17.8 Å². The van der Waals surface area contributed by atoms with Crippen molar-refractivity contribution in [1.29, 1.82) is 0 Å². The van der Waals surface area contributed by atoms with Crippen LogP contribution in [0.1, 0.15) is 40.7 Å². The lowest BCUT2D eigenvalue weighted by Crippen LogP contribution is -2.51. The number of carbonyl (C=O) groups is 2. The number of nitrogens with one attached hydrogen (secondary N) is 1. The minimum Gasteiger partial charge on any atom is -0.497 e. The molecule has 0 saturated carbocycles. The van der Waals surface area contributed by atoms with Gasteiger partial charge >= 0.3 is 0 Å². The average Bonchev–Trinajstić information content (AvgIpc) is 2.82. The van der Waals surface area contributed by atoms with Crippen LogP contribution in [-0.4, -0.2) is 54.1 Å². The number of Topliss-reactive ketones (excluding diaryl/α,β-unsaturated/α-hetero) is 1. The summed E-state index contributed by atoms with van der Waals surface area (Å²) in [6, 6.07) is 13.5. The van der Waals surface area contributed by atoms with Crippen LogP contribution in [-0.2, 0) is 11.2 Å². The van der Waals surface area contributed by atoms with Gasteiger partial charge in [-0.2, -0.15) is 0 Å². The Bertz CT molecular complexity index is 1010. The maximum atomic E-state index is 12.9. The molecule has 1 fully saturated rings. The fraction of sp³-hybridized carbons (Fsp3) is 0.360. The third-order valence-corrected chi connectivity index (χ3v) is 6.29. The smallest absolute Gasteiger partial charge is 0.267 e. The Kier molecular flexibility index (Phi) is 6.58. The number of ether oxygens (including phenoxy) is 2. The Morgan fingerprint density at radius 1 is 1.22 bits per heavy atom. The van der Waals surface area contributed by atoms with E-state index >= 15 is 0 Å². The van der Waals surface area contributed by atoms with Gasteiger partial charge in [0.25, 0.3) is 5.91 Å². The van der Waals surface area contributed by atoms with E-state index in [2.05, 4.69) is 17.0 Å². The molecule has 0 atom stereocenters. The number of hydrogen-bond acceptors (Lipinski definition) is 6. The first-order chi connectivity index (χ1) is 15.5. The topological polar surface area (TPSA) is 88.1 Å². The minimum atomic E-state index is -0.622. The zero-order valence-corrected chi connectivity index (χ0v) is 18.2. The SMILES string of the molecule is COc1ccc(CCN2CCC3(CC2)CC(=O)c2cc(C=CC(=O)NO)ccc2O3)cc1. The lowest BCUT2D eigenvalue weighted by molar-refractivity contribution is -0.124. The maximum Gasteiger partial charge on any atom is 0.267 e. The van der Waals surface area contributed by atoms with Crippen molar-refractivity contribution in [2.45, 2.75) is 31.3 Å². The molecule has 1 spiro atoms. The van der Waals surface area contributed by atoms with Crippen LogP contribution in [0.2, 0.25) is 0 Å². The molecule has 4 rings (SSSR count). The van der Waals surface area contributed by atoms with Gasteiger partial charge in [-0.1, -0.05) is 18.2 Å². The predicted molar refractivity (Wildman–Crippen MR) is 120 cm³/mol. The van der Waals surface area contributed by atoms with E-state index in [9.17, 15) is 9.59 Å². The third kappa shape index (κ3) is 5.00. The average molecular weight is 437 g/mol. The molecule has 1 amide bonds. The zero-order chi connectivity index (χ0) is 22.6. The molecule has 7 heteroatoms. The quantitative estimate of drug-likeness (QED) is 0.411. The van der Waals surface area contributed by atoms with Gasteiger partial charge in [0.1, 0.15) is 17.1 Å². The van der Waals surface area contributed by atoms with E-state index < -0.39 is 11.5 Å². The third-order valence-electron chi connectivity index (χ3n) is 6.29. The number of amides is 1. The van der Waals surface area contributed by atoms with E-state index in [-0.39, 0.29) is 5.78 Å². The Balaban J connectivity index is 1.35. The second kappa shape index (κ2) is 9.54. The number of piperidine rings is 1. The first-order valence-corrected chi connectivity index (χ1v) is 10.8. The van der Waals surface area contributed by atoms with E-state index in [0.29, 0.717) is 23.3 Å². The van der Waals surface area contributed by atoms with Gasteiger partial charge in [0.2, 0.25) is 0 Å². The largest absolute Gasteiger partial charge is 0.497 e. The van der Waals surface area contributed by atoms with Crippen molar-refractivity contribution in [2.75, 3.05) is 26.7 Å². The normalized spacial score (nSPS) is 17.8. The van der Waals surface area contributed by atoms with Crippen molar-refractivity contribution in [2.24, 2.45) is 0 Å². The number of rotatable bonds is 6. The van der Waals surface area contributed by atoms with Crippen LogP contribution >= 0.6 is 0 Å². The highest BCUT2D eigenvalue weighted by molar-refractivity contribution is 6.01. The predicted octanol–water partition coefficient (Wildman–Crippen LogP) is 3.26. The molecule has 2 aliphatic rings. The summed E-state index contributed by atoms with van der Waals surface area (Å²) < 4.78 is 11.6. The number of hydrogen-bond donors (Lipinski definition) is 2. The number of fused-ring (bicyclic) bond motifs is 1. The Morgan fingerprint density at radius 2 is 1.97 bits per heavy atom. The van der Waals surface area contributed by atoms with Crippen LogP contribution in [0.25, 0.3) is 6.08 Å². The van der Waals surface area contributed by atoms with E-state index in [1.807, 2.05) is 12.1 Å². The van der Waals surface area contributed by atoms with Gasteiger partial charge < -0.3 is 14.4 Å². The fourth-order valence-electron chi connectivity index (χ4n) is 4.37. The van der Waals surface area contributed by atoms with Gasteiger partial charge in [-0.25, -0.2) is 5.48 Å². The van der Waals surface area contributed by atoms with Gasteiger partial charge in [0.05, 0.1) is 19.1 Å². The van der Waals surface area contributed by atoms with Crippen LogP contribution in [0.3, 0.4) is 0 Å². The highest BCUT2D eigenvalue weighted by Gasteiger charge is 2.42. The maximum absolute atomic E-state index is 12.9. The molecule has 0 aromatic heterocycles. The summed E-state index contributed by atoms with van der Waals surface area (Å²) in [6.07, 6.45) is 5.74. The van der Waals surface area contributed by atoms with Crippen molar-refractivity contribution in [3.05, 3.63) is 65.2 Å². The van der Waals surface area contributed by atoms with E-state index in [4.69, 9.17) is 14.7 Å². The number of hydroxylamine groups is 1. The number of ketones is 1. The monoisotopic (exact) mass is 436 g/mol. The molecule has 168 valence electrons. The fourth-order valence-corrected chi connectivity index (χ4v) is 4.37. The molecule has 0 bridgehead atoms. The molecule has 0 aliphatic carbocycles. The number of likely N-dealkylation sites (tertiary alicyclic amines) is 1. The van der Waals surface area contributed by atoms with Crippen LogP contribution in [0.4, 0.5) is 0 Å². The molecular formula is C25H28N2O5. The van der Waals surface area contributed by atoms with E-state index in [0.717, 1.165) is 44.6 Å². The van der Waals surface area contributed by atoms with Gasteiger partial charge in [0.15, 0.2) is 5.78 Å². The summed E-state index contributed by atoms with van der Waals surface area (Å²) in [6.45, 7) is 2.77. The lowest BCUT2D eigenvalue weighted by Gasteiger charge is -2.44. The summed E-state index contributed by atoms with van der Waals surface area (Å²) in [5, 5.41) is 8.58. The summed E-state index contributed by atoms with van der Waals surface area (Å²) in [7, 11) is 1.67. The summed E-state index contributed by atoms with van der Waals surface area (Å²) in [5.41, 5.74) is 3.64. The highest BCUT2D eigenvalue weighted by atomic mass is 16.5. The lowest BCUT2D eigenvalue weighted by atomic mass is 9.82. The van der Waals surface area contributed by atoms with Crippen LogP contribution in [0.15, 0.2) is 48.5 Å². The zero-order valence-electron chi connectivity index (χ0n) is 18.2. The first kappa shape index (κ1) is 22.0. The van der Waals surface area contributed by atoms with Gasteiger partial charge in [-0.05, 0) is 47.9 Å². The van der Waals surface area contributed by atoms with Crippen LogP contribution in [0.5, 0.6) is 11.5 Å². The summed E-state index contributed by atoms with van der Waals surface area (Å²) in [5.74, 6) is 0.923. The van der Waals surface area contributed by atoms with E-state index in [1.165, 1.54) is 11.6 Å². The van der Waals surface area contributed by atoms with Crippen molar-refractivity contribution < 1.29 is 24.3 Å². The second-order valence-electron chi connectivity index (χ2n) is 8.39. The van der Waals surface area contributed by atoms with Crippen molar-refractivity contribution in [3.8, 4) is 11.5 Å².